The molecule has 13 heavy (non-hydrogen) atoms. The van der Waals surface area contributed by atoms with Crippen molar-refractivity contribution in [2.45, 2.75) is 51.6 Å². The summed E-state index contributed by atoms with van der Waals surface area (Å²) in [4.78, 5) is 0. The summed E-state index contributed by atoms with van der Waals surface area (Å²) < 4.78 is 0. The lowest BCUT2D eigenvalue weighted by Crippen LogP contribution is -2.06. The van der Waals surface area contributed by atoms with Crippen LogP contribution in [0.25, 0.3) is 0 Å². The van der Waals surface area contributed by atoms with Gasteiger partial charge in [-0.25, -0.2) is 0 Å². The normalized spacial score (nSPS) is 12.1. The van der Waals surface area contributed by atoms with Crippen molar-refractivity contribution in [3.05, 3.63) is 12.2 Å². The Hall–Kier alpha value is -0.740. The quantitative estimate of drug-likeness (QED) is 0.472. The van der Waals surface area contributed by atoms with Gasteiger partial charge in [0.05, 0.1) is 6.10 Å². The Balaban J connectivity index is 3.36. The van der Waals surface area contributed by atoms with Crippen molar-refractivity contribution in [2.24, 2.45) is 0 Å². The third-order valence-electron chi connectivity index (χ3n) is 2.08. The summed E-state index contributed by atoms with van der Waals surface area (Å²) in [6.45, 7) is 5.84. The number of rotatable bonds is 7. The minimum Gasteiger partial charge on any atom is -0.393 e. The van der Waals surface area contributed by atoms with Gasteiger partial charge in [0.2, 0.25) is 0 Å². The van der Waals surface area contributed by atoms with Crippen molar-refractivity contribution in [3.8, 4) is 12.3 Å². The van der Waals surface area contributed by atoms with Gasteiger partial charge in [0.1, 0.15) is 0 Å². The van der Waals surface area contributed by atoms with Gasteiger partial charge in [-0.2, -0.15) is 0 Å². The zero-order chi connectivity index (χ0) is 10.1. The summed E-state index contributed by atoms with van der Waals surface area (Å²) in [5.41, 5.74) is 0.697. The number of aliphatic hydroxyl groups excluding tert-OH is 1. The molecule has 0 saturated carbocycles. The Morgan fingerprint density at radius 3 is 2.69 bits per heavy atom. The summed E-state index contributed by atoms with van der Waals surface area (Å²) in [7, 11) is 0. The van der Waals surface area contributed by atoms with Crippen molar-refractivity contribution in [2.75, 3.05) is 0 Å². The van der Waals surface area contributed by atoms with E-state index in [1.165, 1.54) is 19.3 Å². The first-order valence-electron chi connectivity index (χ1n) is 5.03. The monoisotopic (exact) mass is 180 g/mol. The van der Waals surface area contributed by atoms with Crippen LogP contribution in [0.2, 0.25) is 0 Å². The largest absolute Gasteiger partial charge is 0.393 e. The fourth-order valence-corrected chi connectivity index (χ4v) is 1.25. The molecule has 0 aromatic carbocycles. The molecule has 0 aliphatic carbocycles. The molecule has 0 aromatic rings. The fourth-order valence-electron chi connectivity index (χ4n) is 1.25. The van der Waals surface area contributed by atoms with Gasteiger partial charge >= 0.3 is 0 Å². The summed E-state index contributed by atoms with van der Waals surface area (Å²) >= 11 is 0. The van der Waals surface area contributed by atoms with Gasteiger partial charge in [-0.1, -0.05) is 45.1 Å². The molecule has 0 fully saturated rings. The zero-order valence-electron chi connectivity index (χ0n) is 8.55. The van der Waals surface area contributed by atoms with Crippen LogP contribution in [0.5, 0.6) is 0 Å². The summed E-state index contributed by atoms with van der Waals surface area (Å²) in [5.74, 6) is 2.44. The first kappa shape index (κ1) is 12.3. The lowest BCUT2D eigenvalue weighted by Gasteiger charge is -2.08. The van der Waals surface area contributed by atoms with Crippen LogP contribution in [0.15, 0.2) is 12.2 Å². The second-order valence-corrected chi connectivity index (χ2v) is 3.46. The van der Waals surface area contributed by atoms with E-state index >= 15 is 0 Å². The smallest absolute Gasteiger partial charge is 0.0586 e. The Bertz CT molecular complexity index is 176. The second-order valence-electron chi connectivity index (χ2n) is 3.46. The molecule has 0 spiro atoms. The van der Waals surface area contributed by atoms with Crippen LogP contribution in [0.1, 0.15) is 45.4 Å². The molecule has 0 amide bonds. The minimum atomic E-state index is -0.291. The highest BCUT2D eigenvalue weighted by molar-refractivity contribution is 5.21. The Morgan fingerprint density at radius 1 is 1.46 bits per heavy atom. The molecular weight excluding hydrogens is 160 g/mol. The average Bonchev–Trinajstić information content (AvgIpc) is 2.12. The average molecular weight is 180 g/mol. The van der Waals surface area contributed by atoms with Gasteiger partial charge < -0.3 is 5.11 Å². The Kier molecular flexibility index (Phi) is 7.44. The van der Waals surface area contributed by atoms with E-state index in [9.17, 15) is 5.11 Å². The first-order chi connectivity index (χ1) is 6.20. The van der Waals surface area contributed by atoms with E-state index in [2.05, 4.69) is 19.4 Å². The van der Waals surface area contributed by atoms with Crippen LogP contribution in [0.4, 0.5) is 0 Å². The Labute approximate surface area is 81.9 Å². The molecule has 1 heteroatoms. The van der Waals surface area contributed by atoms with Gasteiger partial charge in [-0.15, -0.1) is 6.42 Å². The van der Waals surface area contributed by atoms with E-state index in [0.717, 1.165) is 12.8 Å². The molecule has 1 atom stereocenters. The van der Waals surface area contributed by atoms with Gasteiger partial charge in [-0.3, -0.25) is 0 Å². The maximum absolute atomic E-state index is 9.49. The third-order valence-corrected chi connectivity index (χ3v) is 2.08. The highest BCUT2D eigenvalue weighted by Gasteiger charge is 2.04. The maximum Gasteiger partial charge on any atom is 0.0586 e. The van der Waals surface area contributed by atoms with Crippen molar-refractivity contribution in [3.63, 3.8) is 0 Å². The summed E-state index contributed by atoms with van der Waals surface area (Å²) in [5, 5.41) is 9.49. The summed E-state index contributed by atoms with van der Waals surface area (Å²) in [6, 6.07) is 0. The minimum absolute atomic E-state index is 0.291. The molecule has 0 aromatic heterocycles. The first-order valence-corrected chi connectivity index (χ1v) is 5.03. The molecular formula is C12H20O. The van der Waals surface area contributed by atoms with Gasteiger partial charge in [0.15, 0.2) is 0 Å². The Morgan fingerprint density at radius 2 is 2.15 bits per heavy atom. The number of hydrogen-bond acceptors (Lipinski definition) is 1. The molecule has 0 radical (unpaired) electrons. The zero-order valence-corrected chi connectivity index (χ0v) is 8.55. The van der Waals surface area contributed by atoms with E-state index in [4.69, 9.17) is 6.42 Å². The topological polar surface area (TPSA) is 20.2 Å². The standard InChI is InChI=1S/C12H20O/c1-4-6-7-8-9-12(13)10-11(3)5-2/h2,12-13H,3-4,6-10H2,1H3. The highest BCUT2D eigenvalue weighted by atomic mass is 16.3. The number of aliphatic hydroxyl groups is 1. The van der Waals surface area contributed by atoms with Crippen molar-refractivity contribution >= 4 is 0 Å². The lowest BCUT2D eigenvalue weighted by atomic mass is 10.0. The molecule has 0 aliphatic heterocycles. The van der Waals surface area contributed by atoms with Crippen LogP contribution in [0.3, 0.4) is 0 Å². The molecule has 0 bridgehead atoms. The SMILES string of the molecule is C#CC(=C)CC(O)CCCCCC. The summed E-state index contributed by atoms with van der Waals surface area (Å²) in [6.07, 6.45) is 11.0. The van der Waals surface area contributed by atoms with E-state index in [0.29, 0.717) is 12.0 Å². The highest BCUT2D eigenvalue weighted by Crippen LogP contribution is 2.10. The number of unbranched alkanes of at least 4 members (excludes halogenated alkanes) is 3. The number of hydrogen-bond donors (Lipinski definition) is 1. The molecule has 1 nitrogen and oxygen atoms in total. The maximum atomic E-state index is 9.49. The van der Waals surface area contributed by atoms with E-state index in [1.807, 2.05) is 0 Å². The predicted molar refractivity (Wildman–Crippen MR) is 57.4 cm³/mol. The van der Waals surface area contributed by atoms with Crippen LogP contribution in [-0.2, 0) is 0 Å². The van der Waals surface area contributed by atoms with Gasteiger partial charge in [-0.05, 0) is 12.0 Å². The van der Waals surface area contributed by atoms with Crippen LogP contribution in [-0.4, -0.2) is 11.2 Å². The molecule has 1 unspecified atom stereocenters. The van der Waals surface area contributed by atoms with Crippen molar-refractivity contribution in [1.82, 2.24) is 0 Å². The van der Waals surface area contributed by atoms with E-state index in [1.54, 1.807) is 0 Å². The molecule has 0 rings (SSSR count). The molecule has 0 aliphatic rings. The van der Waals surface area contributed by atoms with Gasteiger partial charge in [0, 0.05) is 6.42 Å². The molecule has 1 N–H and O–H groups in total. The van der Waals surface area contributed by atoms with E-state index < -0.39 is 0 Å². The van der Waals surface area contributed by atoms with Crippen molar-refractivity contribution < 1.29 is 5.11 Å². The molecule has 0 saturated heterocycles. The van der Waals surface area contributed by atoms with Crippen LogP contribution >= 0.6 is 0 Å². The lowest BCUT2D eigenvalue weighted by molar-refractivity contribution is 0.162. The second kappa shape index (κ2) is 7.89. The molecule has 0 heterocycles. The molecule has 74 valence electrons. The predicted octanol–water partition coefficient (Wildman–Crippen LogP) is 2.90. The van der Waals surface area contributed by atoms with Gasteiger partial charge in [0.25, 0.3) is 0 Å². The van der Waals surface area contributed by atoms with Crippen LogP contribution in [0, 0.1) is 12.3 Å². The van der Waals surface area contributed by atoms with Crippen LogP contribution < -0.4 is 0 Å². The third kappa shape index (κ3) is 7.62. The number of terminal acetylenes is 1. The van der Waals surface area contributed by atoms with E-state index in [-0.39, 0.29) is 6.10 Å². The van der Waals surface area contributed by atoms with Crippen molar-refractivity contribution in [1.29, 1.82) is 0 Å². The fraction of sp³-hybridized carbons (Fsp3) is 0.667.